The molecule has 2 heterocycles. The highest BCUT2D eigenvalue weighted by Gasteiger charge is 2.50. The van der Waals surface area contributed by atoms with E-state index < -0.39 is 47.5 Å². The van der Waals surface area contributed by atoms with E-state index in [0.29, 0.717) is 70.9 Å². The van der Waals surface area contributed by atoms with Crippen LogP contribution in [0.5, 0.6) is 0 Å². The number of ether oxygens (including phenoxy) is 2. The third kappa shape index (κ3) is 14.3. The number of ketones is 1. The van der Waals surface area contributed by atoms with Crippen molar-refractivity contribution in [3.8, 4) is 0 Å². The highest BCUT2D eigenvalue weighted by Crippen LogP contribution is 2.29. The minimum Gasteiger partial charge on any atom is -0.379 e. The first-order chi connectivity index (χ1) is 25.8. The summed E-state index contributed by atoms with van der Waals surface area (Å²) in [6.07, 6.45) is 3.18. The first-order valence-corrected chi connectivity index (χ1v) is 19.6. The van der Waals surface area contributed by atoms with Crippen LogP contribution in [0.4, 0.5) is 0 Å². The predicted octanol–water partition coefficient (Wildman–Crippen LogP) is 3.36. The van der Waals surface area contributed by atoms with Gasteiger partial charge in [0, 0.05) is 19.5 Å². The van der Waals surface area contributed by atoms with Gasteiger partial charge in [0.2, 0.25) is 23.6 Å². The number of carbonyl (C=O) groups is 5. The molecular formula is C42H61N5O7. The quantitative estimate of drug-likeness (QED) is 0.134. The van der Waals surface area contributed by atoms with Crippen molar-refractivity contribution in [2.24, 2.45) is 11.8 Å². The van der Waals surface area contributed by atoms with Crippen LogP contribution in [0, 0.1) is 11.8 Å². The molecule has 2 aromatic rings. The zero-order valence-corrected chi connectivity index (χ0v) is 32.7. The Morgan fingerprint density at radius 1 is 0.648 bits per heavy atom. The number of carbonyl (C=O) groups excluding carboxylic acids is 5. The fourth-order valence-corrected chi connectivity index (χ4v) is 6.46. The van der Waals surface area contributed by atoms with Gasteiger partial charge < -0.3 is 30.7 Å². The summed E-state index contributed by atoms with van der Waals surface area (Å²) in [4.78, 5) is 70.9. The van der Waals surface area contributed by atoms with Crippen LogP contribution in [-0.2, 0) is 46.3 Å². The van der Waals surface area contributed by atoms with Crippen LogP contribution in [0.25, 0.3) is 0 Å². The van der Waals surface area contributed by atoms with Crippen molar-refractivity contribution in [3.63, 3.8) is 0 Å². The number of morpholine rings is 1. The maximum Gasteiger partial charge on any atom is 0.243 e. The summed E-state index contributed by atoms with van der Waals surface area (Å²) in [6.45, 7) is 12.7. The number of nitrogens with one attached hydrogen (secondary N) is 4. The van der Waals surface area contributed by atoms with Gasteiger partial charge in [0.05, 0.1) is 32.4 Å². The SMILES string of the molecule is CC(C)CC[C@H](NC(=O)[C@H](CCc1ccccc1)NC(=O)CN1CCOCC1)C(=O)N[C@@H](Cc1ccccc1)C(=O)N[C@@H](CCC(C)C)C(=O)[C@@]1(C)CO1. The van der Waals surface area contributed by atoms with Crippen LogP contribution in [0.15, 0.2) is 60.7 Å². The van der Waals surface area contributed by atoms with Gasteiger partial charge in [-0.05, 0) is 68.4 Å². The normalized spacial score (nSPS) is 19.3. The summed E-state index contributed by atoms with van der Waals surface area (Å²) < 4.78 is 10.9. The minimum absolute atomic E-state index is 0.137. The summed E-state index contributed by atoms with van der Waals surface area (Å²) in [5.74, 6) is -1.36. The zero-order chi connectivity index (χ0) is 39.1. The van der Waals surface area contributed by atoms with E-state index in [-0.39, 0.29) is 30.6 Å². The summed E-state index contributed by atoms with van der Waals surface area (Å²) in [5.41, 5.74) is 0.926. The molecule has 0 aromatic heterocycles. The molecule has 0 unspecified atom stereocenters. The lowest BCUT2D eigenvalue weighted by Crippen LogP contribution is -2.59. The first-order valence-electron chi connectivity index (χ1n) is 19.6. The molecule has 2 saturated heterocycles. The average Bonchev–Trinajstić information content (AvgIpc) is 3.91. The Labute approximate surface area is 320 Å². The molecule has 54 heavy (non-hydrogen) atoms. The van der Waals surface area contributed by atoms with Crippen molar-refractivity contribution in [1.82, 2.24) is 26.2 Å². The molecule has 12 heteroatoms. The topological polar surface area (TPSA) is 158 Å². The molecule has 0 aliphatic carbocycles. The molecule has 12 nitrogen and oxygen atoms in total. The second kappa shape index (κ2) is 21.1. The van der Waals surface area contributed by atoms with Gasteiger partial charge in [-0.15, -0.1) is 0 Å². The molecule has 2 aliphatic rings. The van der Waals surface area contributed by atoms with Crippen molar-refractivity contribution >= 4 is 29.4 Å². The molecular weight excluding hydrogens is 686 g/mol. The van der Waals surface area contributed by atoms with Crippen molar-refractivity contribution in [2.45, 2.75) is 109 Å². The monoisotopic (exact) mass is 747 g/mol. The largest absolute Gasteiger partial charge is 0.379 e. The van der Waals surface area contributed by atoms with Crippen LogP contribution >= 0.6 is 0 Å². The number of epoxide rings is 1. The highest BCUT2D eigenvalue weighted by molar-refractivity contribution is 5.98. The molecule has 2 aliphatic heterocycles. The molecule has 0 bridgehead atoms. The van der Waals surface area contributed by atoms with Gasteiger partial charge in [-0.2, -0.15) is 0 Å². The Hall–Kier alpha value is -4.13. The highest BCUT2D eigenvalue weighted by atomic mass is 16.6. The van der Waals surface area contributed by atoms with Gasteiger partial charge in [-0.1, -0.05) is 88.4 Å². The first kappa shape index (κ1) is 42.6. The van der Waals surface area contributed by atoms with Crippen molar-refractivity contribution in [1.29, 1.82) is 0 Å². The molecule has 2 aromatic carbocycles. The molecule has 2 fully saturated rings. The standard InChI is InChI=1S/C42H61N5O7/c1-29(2)16-19-33(38(49)42(5)28-54-42)44-41(52)36(26-32-14-10-7-11-15-32)46-40(51)35(20-17-30(3)4)45-39(50)34(21-18-31-12-8-6-9-13-31)43-37(48)27-47-22-24-53-25-23-47/h6-15,29-30,33-36H,16-28H2,1-5H3,(H,43,48)(H,44,52)(H,45,50)(H,46,51)/t33-,34-,35-,36-,42+/m0/s1. The van der Waals surface area contributed by atoms with Gasteiger partial charge >= 0.3 is 0 Å². The number of rotatable bonds is 22. The summed E-state index contributed by atoms with van der Waals surface area (Å²) in [6, 6.07) is 15.4. The number of aryl methyl sites for hydroxylation is 1. The van der Waals surface area contributed by atoms with Gasteiger partial charge in [-0.25, -0.2) is 0 Å². The Balaban J connectivity index is 1.52. The number of nitrogens with zero attached hydrogens (tertiary/aromatic N) is 1. The second-order valence-electron chi connectivity index (χ2n) is 15.7. The molecule has 0 saturated carbocycles. The van der Waals surface area contributed by atoms with Crippen molar-refractivity contribution in [3.05, 3.63) is 71.8 Å². The van der Waals surface area contributed by atoms with E-state index in [0.717, 1.165) is 17.5 Å². The molecule has 5 atom stereocenters. The summed E-state index contributed by atoms with van der Waals surface area (Å²) in [7, 11) is 0. The Morgan fingerprint density at radius 3 is 1.69 bits per heavy atom. The van der Waals surface area contributed by atoms with Crippen LogP contribution in [0.3, 0.4) is 0 Å². The molecule has 4 amide bonds. The third-order valence-corrected chi connectivity index (χ3v) is 10.0. The van der Waals surface area contributed by atoms with E-state index >= 15 is 0 Å². The van der Waals surface area contributed by atoms with E-state index in [2.05, 4.69) is 35.1 Å². The number of amides is 4. The number of hydrogen-bond donors (Lipinski definition) is 4. The van der Waals surface area contributed by atoms with Gasteiger partial charge in [0.1, 0.15) is 23.7 Å². The Kier molecular flexibility index (Phi) is 16.6. The summed E-state index contributed by atoms with van der Waals surface area (Å²) >= 11 is 0. The molecule has 0 spiro atoms. The summed E-state index contributed by atoms with van der Waals surface area (Å²) in [5, 5.41) is 11.8. The van der Waals surface area contributed by atoms with Crippen LogP contribution in [0.1, 0.15) is 77.8 Å². The van der Waals surface area contributed by atoms with E-state index in [1.807, 2.05) is 79.4 Å². The van der Waals surface area contributed by atoms with Gasteiger partial charge in [0.25, 0.3) is 0 Å². The van der Waals surface area contributed by atoms with E-state index in [9.17, 15) is 24.0 Å². The fraction of sp³-hybridized carbons (Fsp3) is 0.595. The van der Waals surface area contributed by atoms with Crippen LogP contribution in [-0.4, -0.2) is 104 Å². The lowest BCUT2D eigenvalue weighted by atomic mass is 9.93. The van der Waals surface area contributed by atoms with E-state index in [1.165, 1.54) is 0 Å². The second-order valence-corrected chi connectivity index (χ2v) is 15.7. The van der Waals surface area contributed by atoms with Gasteiger partial charge in [-0.3, -0.25) is 28.9 Å². The Morgan fingerprint density at radius 2 is 1.13 bits per heavy atom. The number of Topliss-reactive ketones (excluding diaryl/α,β-unsaturated/α-hetero) is 1. The van der Waals surface area contributed by atoms with E-state index in [4.69, 9.17) is 9.47 Å². The molecule has 4 N–H and O–H groups in total. The molecule has 4 rings (SSSR count). The molecule has 0 radical (unpaired) electrons. The van der Waals surface area contributed by atoms with Crippen molar-refractivity contribution < 1.29 is 33.4 Å². The number of hydrogen-bond acceptors (Lipinski definition) is 8. The maximum absolute atomic E-state index is 14.2. The number of benzene rings is 2. The minimum atomic E-state index is -1.03. The van der Waals surface area contributed by atoms with Crippen LogP contribution < -0.4 is 21.3 Å². The lowest BCUT2D eigenvalue weighted by Gasteiger charge is -2.28. The smallest absolute Gasteiger partial charge is 0.243 e. The predicted molar refractivity (Wildman–Crippen MR) is 207 cm³/mol. The zero-order valence-electron chi connectivity index (χ0n) is 32.7. The maximum atomic E-state index is 14.2. The average molecular weight is 748 g/mol. The fourth-order valence-electron chi connectivity index (χ4n) is 6.46. The Bertz CT molecular complexity index is 1510. The van der Waals surface area contributed by atoms with E-state index in [1.54, 1.807) is 6.92 Å². The lowest BCUT2D eigenvalue weighted by molar-refractivity contribution is -0.135. The third-order valence-electron chi connectivity index (χ3n) is 10.0. The van der Waals surface area contributed by atoms with Crippen LogP contribution in [0.2, 0.25) is 0 Å². The molecule has 296 valence electrons. The van der Waals surface area contributed by atoms with Crippen molar-refractivity contribution in [2.75, 3.05) is 39.5 Å². The van der Waals surface area contributed by atoms with Gasteiger partial charge in [0.15, 0.2) is 5.78 Å².